The third-order valence-electron chi connectivity index (χ3n) is 0. The molecule has 1 unspecified atom stereocenters. The Hall–Kier alpha value is 1.61. The van der Waals surface area contributed by atoms with Gasteiger partial charge in [0.05, 0.1) is 0 Å². The zero-order valence-electron chi connectivity index (χ0n) is 2.39. The van der Waals surface area contributed by atoms with Crippen LogP contribution in [0.1, 0.15) is 0 Å². The summed E-state index contributed by atoms with van der Waals surface area (Å²) in [6.45, 7) is 0. The molecule has 1 atom stereocenters. The second-order valence-corrected chi connectivity index (χ2v) is 0.866. The first kappa shape index (κ1) is 9.15. The average Bonchev–Trinajstić information content (AvgIpc) is 0.918. The summed E-state index contributed by atoms with van der Waals surface area (Å²) in [4.78, 5) is 8.83. The molecule has 0 N–H and O–H groups in total. The van der Waals surface area contributed by atoms with E-state index in [9.17, 15) is 0 Å². The Morgan fingerprint density at radius 3 is 1.75 bits per heavy atom. The van der Waals surface area contributed by atoms with Crippen molar-refractivity contribution in [3.8, 4) is 0 Å². The summed E-state index contributed by atoms with van der Waals surface area (Å²) >= 11 is 3.92. The van der Waals surface area contributed by atoms with E-state index in [1.807, 2.05) is 0 Å². The van der Waals surface area contributed by atoms with Gasteiger partial charge in [0.25, 0.3) is 0 Å². The molecule has 0 bridgehead atoms. The maximum Gasteiger partial charge on any atom is 1.00 e. The molecule has 0 saturated carbocycles. The van der Waals surface area contributed by atoms with Gasteiger partial charge in [-0.1, -0.05) is 0 Å². The third kappa shape index (κ3) is 9.49. The van der Waals surface area contributed by atoms with Crippen LogP contribution in [0.15, 0.2) is 0 Å². The van der Waals surface area contributed by atoms with E-state index in [-0.39, 0.29) is 29.6 Å². The number of hydrogen-bond acceptors (Lipinski definition) is 2. The standard InChI is InChI=1S/Na.H3OPS/c;1-2-3/h;2H2,(H,1,3)/q+1;/p-1. The second-order valence-electron chi connectivity index (χ2n) is 0.0962. The molecular formula is H2NaOPS. The Morgan fingerprint density at radius 2 is 1.75 bits per heavy atom. The molecule has 0 aliphatic rings. The maximum atomic E-state index is 8.83. The molecule has 0 fully saturated rings. The predicted octanol–water partition coefficient (Wildman–Crippen LogP) is -3.86. The fourth-order valence-corrected chi connectivity index (χ4v) is 0. The Labute approximate surface area is 53.6 Å². The van der Waals surface area contributed by atoms with Gasteiger partial charge in [-0.2, -0.15) is 7.58 Å². The maximum absolute atomic E-state index is 8.83. The molecular weight excluding hydrogens is 102 g/mol. The molecule has 0 spiro atoms. The predicted molar refractivity (Wildman–Crippen MR) is 17.1 cm³/mol. The monoisotopic (exact) mass is 104 g/mol. The molecule has 0 aromatic carbocycles. The Morgan fingerprint density at radius 1 is 1.75 bits per heavy atom. The zero-order chi connectivity index (χ0) is 2.71. The quantitative estimate of drug-likeness (QED) is 0.232. The van der Waals surface area contributed by atoms with Crippen LogP contribution in [-0.4, -0.2) is 0 Å². The molecule has 1 nitrogen and oxygen atoms in total. The topological polar surface area (TPSA) is 23.1 Å². The van der Waals surface area contributed by atoms with E-state index in [1.165, 1.54) is 0 Å². The van der Waals surface area contributed by atoms with Crippen LogP contribution < -0.4 is 34.5 Å². The molecule has 0 aliphatic heterocycles. The van der Waals surface area contributed by atoms with Gasteiger partial charge in [0.1, 0.15) is 0 Å². The van der Waals surface area contributed by atoms with Gasteiger partial charge >= 0.3 is 29.6 Å². The molecule has 0 rings (SSSR count). The fraction of sp³-hybridized carbons (Fsp3) is 0. The molecule has 4 heteroatoms. The Kier molecular flexibility index (Phi) is 20.2. The molecule has 0 saturated heterocycles. The van der Waals surface area contributed by atoms with Gasteiger partial charge in [0, 0.05) is 0 Å². The van der Waals surface area contributed by atoms with Crippen LogP contribution in [0, 0.1) is 0 Å². The summed E-state index contributed by atoms with van der Waals surface area (Å²) in [5, 5.41) is 0. The molecule has 0 amide bonds. The van der Waals surface area contributed by atoms with E-state index in [4.69, 9.17) is 4.89 Å². The summed E-state index contributed by atoms with van der Waals surface area (Å²) in [5.74, 6) is 0. The van der Waals surface area contributed by atoms with E-state index in [2.05, 4.69) is 11.8 Å². The molecule has 0 aromatic rings. The van der Waals surface area contributed by atoms with Crippen LogP contribution in [-0.2, 0) is 11.8 Å². The van der Waals surface area contributed by atoms with Crippen LogP contribution in [0.25, 0.3) is 0 Å². The van der Waals surface area contributed by atoms with Crippen molar-refractivity contribution in [2.75, 3.05) is 0 Å². The molecule has 0 aromatic heterocycles. The van der Waals surface area contributed by atoms with Crippen molar-refractivity contribution in [1.82, 2.24) is 0 Å². The van der Waals surface area contributed by atoms with Crippen molar-refractivity contribution in [1.29, 1.82) is 0 Å². The van der Waals surface area contributed by atoms with Crippen LogP contribution >= 0.6 is 7.58 Å². The number of hydrogen-bond donors (Lipinski definition) is 0. The van der Waals surface area contributed by atoms with Gasteiger partial charge in [-0.25, -0.2) is 0 Å². The first-order valence-electron chi connectivity index (χ1n) is 0.471. The van der Waals surface area contributed by atoms with Crippen molar-refractivity contribution in [2.45, 2.75) is 0 Å². The second kappa shape index (κ2) is 8.82. The van der Waals surface area contributed by atoms with Crippen molar-refractivity contribution in [3.63, 3.8) is 0 Å². The zero-order valence-corrected chi connectivity index (χ0v) is 6.37. The van der Waals surface area contributed by atoms with Crippen LogP contribution in [0.4, 0.5) is 0 Å². The minimum Gasteiger partial charge on any atom is -0.825 e. The van der Waals surface area contributed by atoms with Crippen molar-refractivity contribution in [2.24, 2.45) is 0 Å². The summed E-state index contributed by atoms with van der Waals surface area (Å²) in [6, 6.07) is 0. The first-order chi connectivity index (χ1) is 1.41. The molecule has 4 heavy (non-hydrogen) atoms. The van der Waals surface area contributed by atoms with Gasteiger partial charge in [-0.15, -0.1) is 11.8 Å². The van der Waals surface area contributed by atoms with Gasteiger partial charge in [-0.3, -0.25) is 0 Å². The Balaban J connectivity index is 0. The van der Waals surface area contributed by atoms with Crippen molar-refractivity contribution >= 4 is 19.4 Å². The summed E-state index contributed by atoms with van der Waals surface area (Å²) < 4.78 is 0. The number of rotatable bonds is 0. The molecule has 20 valence electrons. The van der Waals surface area contributed by atoms with E-state index in [0.29, 0.717) is 0 Å². The Bertz CT molecular complexity index is 15.5. The van der Waals surface area contributed by atoms with Gasteiger partial charge in [0.2, 0.25) is 0 Å². The largest absolute Gasteiger partial charge is 1.00 e. The average molecular weight is 104 g/mol. The van der Waals surface area contributed by atoms with Crippen LogP contribution in [0.2, 0.25) is 0 Å². The minimum atomic E-state index is -0.917. The molecule has 0 aliphatic carbocycles. The molecule has 0 radical (unpaired) electrons. The van der Waals surface area contributed by atoms with Crippen LogP contribution in [0.3, 0.4) is 0 Å². The van der Waals surface area contributed by atoms with Gasteiger partial charge in [0.15, 0.2) is 0 Å². The minimum absolute atomic E-state index is 0. The third-order valence-corrected chi connectivity index (χ3v) is 0. The summed E-state index contributed by atoms with van der Waals surface area (Å²) in [7, 11) is -0.917. The van der Waals surface area contributed by atoms with Crippen molar-refractivity contribution < 1.29 is 34.5 Å². The fourth-order valence-electron chi connectivity index (χ4n) is 0. The van der Waals surface area contributed by atoms with Gasteiger partial charge in [-0.05, 0) is 0 Å². The van der Waals surface area contributed by atoms with E-state index in [0.717, 1.165) is 0 Å². The van der Waals surface area contributed by atoms with Crippen LogP contribution in [0.5, 0.6) is 0 Å². The summed E-state index contributed by atoms with van der Waals surface area (Å²) in [6.07, 6.45) is 0. The molecule has 0 heterocycles. The van der Waals surface area contributed by atoms with Gasteiger partial charge < -0.3 is 4.89 Å². The van der Waals surface area contributed by atoms with E-state index < -0.39 is 7.58 Å². The smallest absolute Gasteiger partial charge is 0.825 e. The summed E-state index contributed by atoms with van der Waals surface area (Å²) in [5.41, 5.74) is 0. The van der Waals surface area contributed by atoms with E-state index in [1.54, 1.807) is 0 Å². The van der Waals surface area contributed by atoms with E-state index >= 15 is 0 Å². The SMILES string of the molecule is [Na+].[O-][PH2]=S. The normalized spacial score (nSPS) is 7.25. The van der Waals surface area contributed by atoms with Crippen molar-refractivity contribution in [3.05, 3.63) is 0 Å². The first-order valence-corrected chi connectivity index (χ1v) is 2.83.